The van der Waals surface area contributed by atoms with Crippen molar-refractivity contribution >= 4 is 42.9 Å². The molecule has 1 atom stereocenters. The molecule has 0 saturated carbocycles. The Labute approximate surface area is 210 Å². The highest BCUT2D eigenvalue weighted by Crippen LogP contribution is 2.58. The third kappa shape index (κ3) is 5.36. The lowest BCUT2D eigenvalue weighted by atomic mass is 10.4. The standard InChI is InChI=1S/C28H33ClN2OPSi/c1-23(34(2,3)4)32-22-31-20-27(29)30-28(31)21-33(24-14-8-5-9-15-24,25-16-10-6-11-17-25)26-18-12-7-13-19-26/h5-20,23H,21-22H2,1-4H3/q+1. The van der Waals surface area contributed by atoms with E-state index >= 15 is 0 Å². The summed E-state index contributed by atoms with van der Waals surface area (Å²) in [6.07, 6.45) is 2.67. The van der Waals surface area contributed by atoms with Crippen molar-refractivity contribution in [3.05, 3.63) is 108 Å². The quantitative estimate of drug-likeness (QED) is 0.197. The monoisotopic (exact) mass is 507 g/mol. The van der Waals surface area contributed by atoms with Crippen molar-refractivity contribution < 1.29 is 4.74 Å². The third-order valence-electron chi connectivity index (χ3n) is 6.48. The molecule has 3 nitrogen and oxygen atoms in total. The first-order chi connectivity index (χ1) is 16.3. The van der Waals surface area contributed by atoms with Gasteiger partial charge in [-0.3, -0.25) is 0 Å². The van der Waals surface area contributed by atoms with Crippen LogP contribution in [0.2, 0.25) is 24.8 Å². The fraction of sp³-hybridized carbons (Fsp3) is 0.250. The summed E-state index contributed by atoms with van der Waals surface area (Å²) in [7, 11) is -3.47. The Morgan fingerprint density at radius 2 is 1.26 bits per heavy atom. The van der Waals surface area contributed by atoms with Gasteiger partial charge in [-0.2, -0.15) is 0 Å². The van der Waals surface area contributed by atoms with Gasteiger partial charge in [-0.25, -0.2) is 4.98 Å². The van der Waals surface area contributed by atoms with E-state index in [-0.39, 0.29) is 5.73 Å². The Kier molecular flexibility index (Phi) is 7.74. The summed E-state index contributed by atoms with van der Waals surface area (Å²) in [6, 6.07) is 32.6. The largest absolute Gasteiger partial charge is 0.361 e. The molecule has 4 aromatic rings. The molecule has 0 radical (unpaired) electrons. The van der Waals surface area contributed by atoms with Gasteiger partial charge >= 0.3 is 0 Å². The van der Waals surface area contributed by atoms with Crippen LogP contribution in [0.25, 0.3) is 0 Å². The van der Waals surface area contributed by atoms with Crippen molar-refractivity contribution in [1.29, 1.82) is 0 Å². The minimum Gasteiger partial charge on any atom is -0.361 e. The molecule has 6 heteroatoms. The number of ether oxygens (including phenoxy) is 1. The molecule has 0 spiro atoms. The van der Waals surface area contributed by atoms with E-state index in [0.717, 1.165) is 12.0 Å². The normalized spacial score (nSPS) is 13.1. The Balaban J connectivity index is 1.84. The van der Waals surface area contributed by atoms with Crippen LogP contribution < -0.4 is 15.9 Å². The summed E-state index contributed by atoms with van der Waals surface area (Å²) in [5.74, 6) is 0.956. The average Bonchev–Trinajstić information content (AvgIpc) is 3.20. The van der Waals surface area contributed by atoms with Gasteiger partial charge in [0, 0.05) is 11.9 Å². The summed E-state index contributed by atoms with van der Waals surface area (Å²) in [5.41, 5.74) is 0.235. The van der Waals surface area contributed by atoms with E-state index in [1.54, 1.807) is 0 Å². The molecule has 0 N–H and O–H groups in total. The maximum absolute atomic E-state index is 6.47. The van der Waals surface area contributed by atoms with Gasteiger partial charge in [0.2, 0.25) is 0 Å². The van der Waals surface area contributed by atoms with Gasteiger partial charge in [0.15, 0.2) is 5.82 Å². The Hall–Kier alpha value is -2.23. The highest BCUT2D eigenvalue weighted by molar-refractivity contribution is 7.95. The van der Waals surface area contributed by atoms with E-state index in [4.69, 9.17) is 21.3 Å². The molecule has 0 fully saturated rings. The molecular weight excluding hydrogens is 475 g/mol. The Morgan fingerprint density at radius 1 is 0.824 bits per heavy atom. The molecule has 176 valence electrons. The maximum atomic E-state index is 6.47. The van der Waals surface area contributed by atoms with E-state index < -0.39 is 15.3 Å². The second-order valence-electron chi connectivity index (χ2n) is 9.73. The summed E-state index contributed by atoms with van der Waals surface area (Å²) < 4.78 is 8.42. The number of hydrogen-bond donors (Lipinski definition) is 0. The van der Waals surface area contributed by atoms with Crippen LogP contribution in [0, 0.1) is 0 Å². The number of halogens is 1. The molecule has 0 amide bonds. The van der Waals surface area contributed by atoms with Gasteiger partial charge in [-0.1, -0.05) is 85.8 Å². The number of rotatable bonds is 9. The second-order valence-corrected chi connectivity index (χ2v) is 19.1. The summed E-state index contributed by atoms with van der Waals surface area (Å²) in [4.78, 5) is 4.80. The minimum atomic E-state index is -2.06. The number of nitrogens with zero attached hydrogens (tertiary/aromatic N) is 2. The zero-order chi connectivity index (χ0) is 24.2. The molecule has 34 heavy (non-hydrogen) atoms. The van der Waals surface area contributed by atoms with Crippen LogP contribution in [-0.2, 0) is 17.6 Å². The van der Waals surface area contributed by atoms with Crippen LogP contribution in [0.5, 0.6) is 0 Å². The number of benzene rings is 3. The number of hydrogen-bond acceptors (Lipinski definition) is 2. The van der Waals surface area contributed by atoms with Crippen molar-refractivity contribution in [2.75, 3.05) is 0 Å². The molecule has 0 saturated heterocycles. The zero-order valence-electron chi connectivity index (χ0n) is 20.4. The van der Waals surface area contributed by atoms with Crippen LogP contribution in [0.1, 0.15) is 12.7 Å². The van der Waals surface area contributed by atoms with E-state index in [2.05, 4.69) is 122 Å². The molecule has 4 rings (SSSR count). The van der Waals surface area contributed by atoms with E-state index in [1.807, 2.05) is 6.20 Å². The highest BCUT2D eigenvalue weighted by Gasteiger charge is 2.46. The van der Waals surface area contributed by atoms with Crippen LogP contribution >= 0.6 is 18.9 Å². The summed E-state index contributed by atoms with van der Waals surface area (Å²) in [5, 5.41) is 4.49. The molecule has 1 heterocycles. The molecule has 3 aromatic carbocycles. The number of aromatic nitrogens is 2. The molecule has 1 unspecified atom stereocenters. The predicted molar refractivity (Wildman–Crippen MR) is 150 cm³/mol. The van der Waals surface area contributed by atoms with Crippen molar-refractivity contribution in [2.24, 2.45) is 0 Å². The zero-order valence-corrected chi connectivity index (χ0v) is 23.0. The first kappa shape index (κ1) is 24.9. The predicted octanol–water partition coefficient (Wildman–Crippen LogP) is 6.27. The first-order valence-electron chi connectivity index (χ1n) is 11.7. The van der Waals surface area contributed by atoms with Gasteiger partial charge in [0.1, 0.15) is 41.2 Å². The molecule has 1 aromatic heterocycles. The summed E-state index contributed by atoms with van der Waals surface area (Å²) >= 11 is 6.47. The van der Waals surface area contributed by atoms with Crippen LogP contribution in [0.15, 0.2) is 97.2 Å². The lowest BCUT2D eigenvalue weighted by Gasteiger charge is -2.28. The smallest absolute Gasteiger partial charge is 0.151 e. The lowest BCUT2D eigenvalue weighted by molar-refractivity contribution is 0.0552. The van der Waals surface area contributed by atoms with Gasteiger partial charge in [0.05, 0.1) is 8.07 Å². The SMILES string of the molecule is CC(OCn1cc(Cl)nc1C[P+](c1ccccc1)(c1ccccc1)c1ccccc1)[Si](C)(C)C. The van der Waals surface area contributed by atoms with Gasteiger partial charge in [-0.05, 0) is 43.3 Å². The van der Waals surface area contributed by atoms with Crippen LogP contribution in [-0.4, -0.2) is 23.4 Å². The van der Waals surface area contributed by atoms with E-state index in [9.17, 15) is 0 Å². The molecule has 0 aliphatic rings. The molecular formula is C28H33ClN2OPSi+. The number of imidazole rings is 1. The minimum absolute atomic E-state index is 0.235. The van der Waals surface area contributed by atoms with Gasteiger partial charge in [0.25, 0.3) is 0 Å². The first-order valence-corrected chi connectivity index (χ1v) is 17.6. The van der Waals surface area contributed by atoms with Gasteiger partial charge in [-0.15, -0.1) is 0 Å². The Bertz CT molecular complexity index is 1100. The van der Waals surface area contributed by atoms with Crippen molar-refractivity contribution in [3.8, 4) is 0 Å². The van der Waals surface area contributed by atoms with Crippen LogP contribution in [0.4, 0.5) is 0 Å². The highest BCUT2D eigenvalue weighted by atomic mass is 35.5. The van der Waals surface area contributed by atoms with Crippen LogP contribution in [0.3, 0.4) is 0 Å². The average molecular weight is 508 g/mol. The van der Waals surface area contributed by atoms with Crippen molar-refractivity contribution in [2.45, 2.75) is 45.2 Å². The third-order valence-corrected chi connectivity index (χ3v) is 13.6. The van der Waals surface area contributed by atoms with E-state index in [1.165, 1.54) is 15.9 Å². The Morgan fingerprint density at radius 3 is 1.68 bits per heavy atom. The fourth-order valence-electron chi connectivity index (χ4n) is 4.08. The topological polar surface area (TPSA) is 27.1 Å². The molecule has 0 bridgehead atoms. The molecule has 0 aliphatic heterocycles. The van der Waals surface area contributed by atoms with Crippen molar-refractivity contribution in [3.63, 3.8) is 0 Å². The molecule has 0 aliphatic carbocycles. The second kappa shape index (κ2) is 10.6. The van der Waals surface area contributed by atoms with Crippen molar-refractivity contribution in [1.82, 2.24) is 9.55 Å². The maximum Gasteiger partial charge on any atom is 0.151 e. The fourth-order valence-corrected chi connectivity index (χ4v) is 9.03. The lowest BCUT2D eigenvalue weighted by Crippen LogP contribution is -2.38. The van der Waals surface area contributed by atoms with Gasteiger partial charge < -0.3 is 9.30 Å². The summed E-state index contributed by atoms with van der Waals surface area (Å²) in [6.45, 7) is 9.63. The van der Waals surface area contributed by atoms with E-state index in [0.29, 0.717) is 11.9 Å².